The molecule has 0 saturated carbocycles. The van der Waals surface area contributed by atoms with Crippen LogP contribution in [0.15, 0.2) is 58.8 Å². The first-order valence-corrected chi connectivity index (χ1v) is 12.2. The van der Waals surface area contributed by atoms with Gasteiger partial charge in [0.15, 0.2) is 17.3 Å². The smallest absolute Gasteiger partial charge is 0.242 e. The van der Waals surface area contributed by atoms with E-state index in [0.29, 0.717) is 23.1 Å². The second kappa shape index (κ2) is 10.5. The van der Waals surface area contributed by atoms with Gasteiger partial charge in [0.1, 0.15) is 0 Å². The van der Waals surface area contributed by atoms with Crippen LogP contribution in [0.25, 0.3) is 11.4 Å². The molecule has 0 aliphatic rings. The van der Waals surface area contributed by atoms with Crippen molar-refractivity contribution in [1.82, 2.24) is 24.1 Å². The second-order valence-corrected chi connectivity index (χ2v) is 10.6. The Balaban J connectivity index is 2.03. The molecule has 32 heavy (non-hydrogen) atoms. The van der Waals surface area contributed by atoms with Crippen molar-refractivity contribution in [2.45, 2.75) is 35.1 Å². The van der Waals surface area contributed by atoms with E-state index in [-0.39, 0.29) is 10.1 Å². The van der Waals surface area contributed by atoms with Gasteiger partial charge < -0.3 is 9.47 Å². The lowest BCUT2D eigenvalue weighted by Gasteiger charge is -2.18. The Morgan fingerprint density at radius 3 is 2.50 bits per heavy atom. The lowest BCUT2D eigenvalue weighted by molar-refractivity contribution is -0.111. The van der Waals surface area contributed by atoms with E-state index < -0.39 is 16.3 Å². The van der Waals surface area contributed by atoms with Gasteiger partial charge in [0.2, 0.25) is 10.0 Å². The molecule has 1 aromatic carbocycles. The number of nitrogens with zero attached hydrogens (tertiary/aromatic N) is 5. The highest BCUT2D eigenvalue weighted by Gasteiger charge is 2.23. The van der Waals surface area contributed by atoms with Gasteiger partial charge in [-0.1, -0.05) is 30.0 Å². The number of hydrogen-bond donors (Lipinski definition) is 0. The SMILES string of the molecule is COC(Cn1c(SC(C)c2cccnc2)nnc1-c1cccc(S(=O)(=O)N(C)C)c1)OC. The van der Waals surface area contributed by atoms with Crippen LogP contribution in [-0.4, -0.2) is 67.1 Å². The number of hydrogen-bond acceptors (Lipinski definition) is 8. The Hall–Kier alpha value is -2.31. The number of thioether (sulfide) groups is 1. The Morgan fingerprint density at radius 1 is 1.12 bits per heavy atom. The molecular weight excluding hydrogens is 450 g/mol. The van der Waals surface area contributed by atoms with Crippen LogP contribution >= 0.6 is 11.8 Å². The zero-order valence-corrected chi connectivity index (χ0v) is 20.3. The van der Waals surface area contributed by atoms with Crippen LogP contribution < -0.4 is 0 Å². The maximum atomic E-state index is 12.6. The Kier molecular flexibility index (Phi) is 8.01. The number of sulfonamides is 1. The third-order valence-electron chi connectivity index (χ3n) is 4.88. The van der Waals surface area contributed by atoms with Crippen LogP contribution in [-0.2, 0) is 26.0 Å². The van der Waals surface area contributed by atoms with Crippen molar-refractivity contribution in [3.8, 4) is 11.4 Å². The van der Waals surface area contributed by atoms with Gasteiger partial charge in [0, 0.05) is 51.5 Å². The minimum Gasteiger partial charge on any atom is -0.354 e. The number of methoxy groups -OCH3 is 2. The summed E-state index contributed by atoms with van der Waals surface area (Å²) in [6.07, 6.45) is 3.03. The standard InChI is InChI=1S/C21H27N5O4S2/c1-15(17-9-7-11-22-13-17)31-21-24-23-20(26(21)14-19(29-4)30-5)16-8-6-10-18(12-16)32(27,28)25(2)3/h6-13,15,19H,14H2,1-5H3. The number of ether oxygens (including phenoxy) is 2. The van der Waals surface area contributed by atoms with E-state index in [1.165, 1.54) is 30.2 Å². The second-order valence-electron chi connectivity index (χ2n) is 7.18. The molecule has 1 atom stereocenters. The molecule has 1 unspecified atom stereocenters. The molecule has 172 valence electrons. The molecule has 0 aliphatic carbocycles. The van der Waals surface area contributed by atoms with Crippen molar-refractivity contribution in [3.05, 3.63) is 54.4 Å². The summed E-state index contributed by atoms with van der Waals surface area (Å²) in [6, 6.07) is 10.6. The zero-order chi connectivity index (χ0) is 23.3. The van der Waals surface area contributed by atoms with Crippen LogP contribution in [0.3, 0.4) is 0 Å². The van der Waals surface area contributed by atoms with Crippen molar-refractivity contribution in [2.24, 2.45) is 0 Å². The molecule has 9 nitrogen and oxygen atoms in total. The van der Waals surface area contributed by atoms with Crippen molar-refractivity contribution < 1.29 is 17.9 Å². The molecule has 0 spiro atoms. The van der Waals surface area contributed by atoms with E-state index in [1.54, 1.807) is 38.6 Å². The van der Waals surface area contributed by atoms with E-state index in [2.05, 4.69) is 22.1 Å². The normalized spacial score (nSPS) is 13.1. The summed E-state index contributed by atoms with van der Waals surface area (Å²) in [7, 11) is 2.54. The van der Waals surface area contributed by atoms with E-state index in [0.717, 1.165) is 5.56 Å². The molecule has 0 saturated heterocycles. The monoisotopic (exact) mass is 477 g/mol. The molecule has 2 aromatic heterocycles. The van der Waals surface area contributed by atoms with Gasteiger partial charge in [-0.25, -0.2) is 12.7 Å². The molecular formula is C21H27N5O4S2. The molecule has 2 heterocycles. The summed E-state index contributed by atoms with van der Waals surface area (Å²) in [5.41, 5.74) is 1.69. The summed E-state index contributed by atoms with van der Waals surface area (Å²) < 4.78 is 39.1. The predicted molar refractivity (Wildman–Crippen MR) is 123 cm³/mol. The third-order valence-corrected chi connectivity index (χ3v) is 7.83. The Labute approximate surface area is 192 Å². The van der Waals surface area contributed by atoms with Gasteiger partial charge in [-0.2, -0.15) is 0 Å². The largest absolute Gasteiger partial charge is 0.354 e. The maximum Gasteiger partial charge on any atom is 0.242 e. The van der Waals surface area contributed by atoms with Crippen LogP contribution in [0.5, 0.6) is 0 Å². The average Bonchev–Trinajstić information content (AvgIpc) is 3.19. The Bertz CT molecular complexity index is 1130. The maximum absolute atomic E-state index is 12.6. The fourth-order valence-corrected chi connectivity index (χ4v) is 4.91. The van der Waals surface area contributed by atoms with Gasteiger partial charge in [-0.15, -0.1) is 10.2 Å². The van der Waals surface area contributed by atoms with Crippen LogP contribution in [0.1, 0.15) is 17.7 Å². The number of rotatable bonds is 10. The predicted octanol–water partition coefficient (Wildman–Crippen LogP) is 3.06. The first-order chi connectivity index (χ1) is 15.3. The van der Waals surface area contributed by atoms with E-state index in [4.69, 9.17) is 9.47 Å². The fourth-order valence-electron chi connectivity index (χ4n) is 3.00. The quantitative estimate of drug-likeness (QED) is 0.324. The molecule has 0 fully saturated rings. The number of pyridine rings is 1. The average molecular weight is 478 g/mol. The lowest BCUT2D eigenvalue weighted by Crippen LogP contribution is -2.22. The first-order valence-electron chi connectivity index (χ1n) is 9.86. The van der Waals surface area contributed by atoms with Crippen LogP contribution in [0.4, 0.5) is 0 Å². The molecule has 0 aliphatic heterocycles. The number of benzene rings is 1. The van der Waals surface area contributed by atoms with Gasteiger partial charge in [0.05, 0.1) is 11.4 Å². The van der Waals surface area contributed by atoms with Crippen molar-refractivity contribution in [3.63, 3.8) is 0 Å². The number of aromatic nitrogens is 4. The lowest BCUT2D eigenvalue weighted by atomic mass is 10.2. The minimum atomic E-state index is -3.59. The molecule has 0 bridgehead atoms. The molecule has 0 amide bonds. The highest BCUT2D eigenvalue weighted by atomic mass is 32.2. The van der Waals surface area contributed by atoms with Gasteiger partial charge in [0.25, 0.3) is 0 Å². The summed E-state index contributed by atoms with van der Waals surface area (Å²) in [5.74, 6) is 0.529. The van der Waals surface area contributed by atoms with Crippen LogP contribution in [0.2, 0.25) is 0 Å². The van der Waals surface area contributed by atoms with E-state index in [9.17, 15) is 8.42 Å². The molecule has 3 rings (SSSR count). The topological polar surface area (TPSA) is 99.4 Å². The van der Waals surface area contributed by atoms with Gasteiger partial charge in [-0.05, 0) is 30.7 Å². The van der Waals surface area contributed by atoms with Crippen molar-refractivity contribution >= 4 is 21.8 Å². The third kappa shape index (κ3) is 5.36. The van der Waals surface area contributed by atoms with Crippen LogP contribution in [0, 0.1) is 0 Å². The van der Waals surface area contributed by atoms with E-state index >= 15 is 0 Å². The fraction of sp³-hybridized carbons (Fsp3) is 0.381. The summed E-state index contributed by atoms with van der Waals surface area (Å²) >= 11 is 1.53. The van der Waals surface area contributed by atoms with Gasteiger partial charge in [-0.3, -0.25) is 9.55 Å². The highest BCUT2D eigenvalue weighted by Crippen LogP contribution is 2.35. The summed E-state index contributed by atoms with van der Waals surface area (Å²) in [5, 5.41) is 9.51. The van der Waals surface area contributed by atoms with Crippen molar-refractivity contribution in [2.75, 3.05) is 28.3 Å². The Morgan fingerprint density at radius 2 is 1.88 bits per heavy atom. The summed E-state index contributed by atoms with van der Waals surface area (Å²) in [6.45, 7) is 2.40. The van der Waals surface area contributed by atoms with Gasteiger partial charge >= 0.3 is 0 Å². The minimum absolute atomic E-state index is 0.0727. The molecule has 0 radical (unpaired) electrons. The van der Waals surface area contributed by atoms with Crippen molar-refractivity contribution in [1.29, 1.82) is 0 Å². The first kappa shape index (κ1) is 24.3. The summed E-state index contributed by atoms with van der Waals surface area (Å²) in [4.78, 5) is 4.37. The molecule has 11 heteroatoms. The zero-order valence-electron chi connectivity index (χ0n) is 18.7. The highest BCUT2D eigenvalue weighted by molar-refractivity contribution is 7.99. The molecule has 3 aromatic rings. The van der Waals surface area contributed by atoms with E-state index in [1.807, 2.05) is 29.0 Å². The molecule has 0 N–H and O–H groups in total.